The van der Waals surface area contributed by atoms with Crippen LogP contribution in [0.2, 0.25) is 0 Å². The van der Waals surface area contributed by atoms with Gasteiger partial charge in [0.05, 0.1) is 12.7 Å². The zero-order chi connectivity index (χ0) is 10.7. The Morgan fingerprint density at radius 1 is 1.43 bits per heavy atom. The second kappa shape index (κ2) is 5.10. The second-order valence-corrected chi connectivity index (χ2v) is 4.64. The summed E-state index contributed by atoms with van der Waals surface area (Å²) < 4.78 is 5.61. The van der Waals surface area contributed by atoms with Crippen LogP contribution < -0.4 is 5.73 Å². The summed E-state index contributed by atoms with van der Waals surface area (Å²) in [5, 5.41) is 0. The van der Waals surface area contributed by atoms with Gasteiger partial charge in [0.1, 0.15) is 0 Å². The molecule has 1 aliphatic heterocycles. The molecule has 1 aliphatic rings. The summed E-state index contributed by atoms with van der Waals surface area (Å²) in [6, 6.07) is 1.08. The van der Waals surface area contributed by atoms with Crippen molar-refractivity contribution in [1.29, 1.82) is 0 Å². The lowest BCUT2D eigenvalue weighted by Crippen LogP contribution is -2.53. The Bertz CT molecular complexity index is 175. The summed E-state index contributed by atoms with van der Waals surface area (Å²) >= 11 is 0. The van der Waals surface area contributed by atoms with Crippen LogP contribution >= 0.6 is 0 Å². The van der Waals surface area contributed by atoms with E-state index in [2.05, 4.69) is 32.6 Å². The topological polar surface area (TPSA) is 38.5 Å². The van der Waals surface area contributed by atoms with Crippen LogP contribution in [0.4, 0.5) is 0 Å². The minimum absolute atomic E-state index is 0.360. The Kier molecular flexibility index (Phi) is 4.35. The molecule has 2 N–H and O–H groups in total. The molecule has 0 aromatic rings. The van der Waals surface area contributed by atoms with Crippen LogP contribution in [0, 0.1) is 5.92 Å². The van der Waals surface area contributed by atoms with Crippen LogP contribution in [0.15, 0.2) is 0 Å². The molecule has 0 spiro atoms. The molecule has 3 nitrogen and oxygen atoms in total. The molecule has 4 atom stereocenters. The molecule has 0 radical (unpaired) electrons. The fourth-order valence-electron chi connectivity index (χ4n) is 2.02. The fraction of sp³-hybridized carbons (Fsp3) is 1.00. The molecule has 4 unspecified atom stereocenters. The summed E-state index contributed by atoms with van der Waals surface area (Å²) in [7, 11) is 0. The molecule has 1 heterocycles. The highest BCUT2D eigenvalue weighted by Gasteiger charge is 2.29. The normalized spacial score (nSPS) is 34.1. The number of ether oxygens (including phenoxy) is 1. The molecule has 3 heteroatoms. The third-order valence-electron chi connectivity index (χ3n) is 3.37. The number of hydrogen-bond donors (Lipinski definition) is 1. The monoisotopic (exact) mass is 200 g/mol. The molecule has 0 aromatic heterocycles. The van der Waals surface area contributed by atoms with Crippen molar-refractivity contribution < 1.29 is 4.74 Å². The van der Waals surface area contributed by atoms with E-state index in [0.29, 0.717) is 24.1 Å². The van der Waals surface area contributed by atoms with Crippen LogP contribution in [0.3, 0.4) is 0 Å². The van der Waals surface area contributed by atoms with E-state index >= 15 is 0 Å². The smallest absolute Gasteiger partial charge is 0.0674 e. The van der Waals surface area contributed by atoms with E-state index in [4.69, 9.17) is 10.5 Å². The highest BCUT2D eigenvalue weighted by Crippen LogP contribution is 2.18. The lowest BCUT2D eigenvalue weighted by Gasteiger charge is -2.42. The summed E-state index contributed by atoms with van der Waals surface area (Å²) in [5.41, 5.74) is 5.70. The van der Waals surface area contributed by atoms with Gasteiger partial charge in [-0.05, 0) is 33.2 Å². The van der Waals surface area contributed by atoms with Crippen LogP contribution in [0.5, 0.6) is 0 Å². The van der Waals surface area contributed by atoms with E-state index in [1.165, 1.54) is 0 Å². The lowest BCUT2D eigenvalue weighted by atomic mass is 9.99. The maximum absolute atomic E-state index is 5.70. The largest absolute Gasteiger partial charge is 0.376 e. The molecule has 0 saturated carbocycles. The third-order valence-corrected chi connectivity index (χ3v) is 3.37. The zero-order valence-electron chi connectivity index (χ0n) is 9.86. The van der Waals surface area contributed by atoms with E-state index in [1.54, 1.807) is 0 Å². The van der Waals surface area contributed by atoms with E-state index in [0.717, 1.165) is 19.7 Å². The summed E-state index contributed by atoms with van der Waals surface area (Å²) in [6.07, 6.45) is 0.360. The zero-order valence-corrected chi connectivity index (χ0v) is 9.86. The van der Waals surface area contributed by atoms with E-state index in [1.807, 2.05) is 0 Å². The number of rotatable bonds is 3. The minimum Gasteiger partial charge on any atom is -0.376 e. The molecule has 1 fully saturated rings. The predicted octanol–water partition coefficient (Wildman–Crippen LogP) is 1.08. The first-order chi connectivity index (χ1) is 6.56. The quantitative estimate of drug-likeness (QED) is 0.741. The van der Waals surface area contributed by atoms with Gasteiger partial charge < -0.3 is 10.5 Å². The van der Waals surface area contributed by atoms with Gasteiger partial charge in [-0.2, -0.15) is 0 Å². The molecule has 0 bridgehead atoms. The maximum Gasteiger partial charge on any atom is 0.0674 e. The van der Waals surface area contributed by atoms with Crippen molar-refractivity contribution in [2.45, 2.75) is 45.9 Å². The molecule has 0 aromatic carbocycles. The average molecular weight is 200 g/mol. The average Bonchev–Trinajstić information content (AvgIpc) is 2.19. The third kappa shape index (κ3) is 2.69. The predicted molar refractivity (Wildman–Crippen MR) is 59.3 cm³/mol. The van der Waals surface area contributed by atoms with Gasteiger partial charge in [-0.3, -0.25) is 4.90 Å². The SMILES string of the molecule is CC1CN(C(C)C(C)CN)C(C)CO1. The second-order valence-electron chi connectivity index (χ2n) is 4.64. The summed E-state index contributed by atoms with van der Waals surface area (Å²) in [5.74, 6) is 0.558. The molecule has 1 saturated heterocycles. The molecule has 84 valence electrons. The Morgan fingerprint density at radius 2 is 2.07 bits per heavy atom. The van der Waals surface area contributed by atoms with Crippen molar-refractivity contribution in [3.63, 3.8) is 0 Å². The van der Waals surface area contributed by atoms with Crippen LogP contribution in [-0.4, -0.2) is 42.8 Å². The first-order valence-electron chi connectivity index (χ1n) is 5.63. The molecule has 0 aliphatic carbocycles. The van der Waals surface area contributed by atoms with Crippen molar-refractivity contribution in [1.82, 2.24) is 4.90 Å². The number of nitrogens with zero attached hydrogens (tertiary/aromatic N) is 1. The maximum atomic E-state index is 5.70. The van der Waals surface area contributed by atoms with Gasteiger partial charge >= 0.3 is 0 Å². The molecular formula is C11H24N2O. The van der Waals surface area contributed by atoms with Crippen LogP contribution in [0.1, 0.15) is 27.7 Å². The van der Waals surface area contributed by atoms with E-state index in [9.17, 15) is 0 Å². The van der Waals surface area contributed by atoms with Crippen molar-refractivity contribution in [2.75, 3.05) is 19.7 Å². The van der Waals surface area contributed by atoms with Crippen LogP contribution in [-0.2, 0) is 4.74 Å². The Labute approximate surface area is 87.6 Å². The van der Waals surface area contributed by atoms with Gasteiger partial charge in [-0.25, -0.2) is 0 Å². The van der Waals surface area contributed by atoms with E-state index < -0.39 is 0 Å². The number of nitrogens with two attached hydrogens (primary N) is 1. The summed E-state index contributed by atoms with van der Waals surface area (Å²) in [6.45, 7) is 11.5. The summed E-state index contributed by atoms with van der Waals surface area (Å²) in [4.78, 5) is 2.52. The van der Waals surface area contributed by atoms with Gasteiger partial charge in [-0.15, -0.1) is 0 Å². The Morgan fingerprint density at radius 3 is 2.64 bits per heavy atom. The number of morpholine rings is 1. The first-order valence-corrected chi connectivity index (χ1v) is 5.63. The van der Waals surface area contributed by atoms with Crippen molar-refractivity contribution in [3.05, 3.63) is 0 Å². The lowest BCUT2D eigenvalue weighted by molar-refractivity contribution is -0.0702. The van der Waals surface area contributed by atoms with Gasteiger partial charge in [0.15, 0.2) is 0 Å². The number of hydrogen-bond acceptors (Lipinski definition) is 3. The first kappa shape index (κ1) is 12.0. The molecule has 1 rings (SSSR count). The van der Waals surface area contributed by atoms with Gasteiger partial charge in [0, 0.05) is 18.6 Å². The fourth-order valence-corrected chi connectivity index (χ4v) is 2.02. The highest BCUT2D eigenvalue weighted by molar-refractivity contribution is 4.82. The van der Waals surface area contributed by atoms with E-state index in [-0.39, 0.29) is 0 Å². The highest BCUT2D eigenvalue weighted by atomic mass is 16.5. The standard InChI is InChI=1S/C11H24N2O/c1-8(5-12)11(4)13-6-10(3)14-7-9(13)2/h8-11H,5-7,12H2,1-4H3. The Balaban J connectivity index is 2.55. The van der Waals surface area contributed by atoms with Gasteiger partial charge in [0.2, 0.25) is 0 Å². The van der Waals surface area contributed by atoms with Crippen molar-refractivity contribution >= 4 is 0 Å². The molecule has 0 amide bonds. The Hall–Kier alpha value is -0.120. The molecule has 14 heavy (non-hydrogen) atoms. The van der Waals surface area contributed by atoms with Gasteiger partial charge in [-0.1, -0.05) is 6.92 Å². The van der Waals surface area contributed by atoms with Crippen LogP contribution in [0.25, 0.3) is 0 Å². The molecular weight excluding hydrogens is 176 g/mol. The minimum atomic E-state index is 0.360. The van der Waals surface area contributed by atoms with Gasteiger partial charge in [0.25, 0.3) is 0 Å². The van der Waals surface area contributed by atoms with Crippen molar-refractivity contribution in [3.8, 4) is 0 Å². The van der Waals surface area contributed by atoms with Crippen molar-refractivity contribution in [2.24, 2.45) is 11.7 Å².